The average Bonchev–Trinajstić information content (AvgIpc) is 2.40. The van der Waals surface area contributed by atoms with Crippen LogP contribution in [-0.2, 0) is 16.0 Å². The number of ether oxygens (including phenoxy) is 1. The Balaban J connectivity index is 1.88. The fourth-order valence-electron chi connectivity index (χ4n) is 2.30. The Labute approximate surface area is 114 Å². The predicted octanol–water partition coefficient (Wildman–Crippen LogP) is 1.24. The number of rotatable bonds is 4. The summed E-state index contributed by atoms with van der Waals surface area (Å²) in [6, 6.07) is 9.35. The van der Waals surface area contributed by atoms with Gasteiger partial charge in [0.1, 0.15) is 0 Å². The van der Waals surface area contributed by atoms with E-state index < -0.39 is 6.04 Å². The second-order valence-electron chi connectivity index (χ2n) is 5.46. The molecule has 3 N–H and O–H groups in total. The minimum absolute atomic E-state index is 0.0757. The van der Waals surface area contributed by atoms with Gasteiger partial charge in [-0.2, -0.15) is 0 Å². The molecular formula is C15H22N2O2. The number of carbonyl (C=O) groups excluding carboxylic acids is 1. The van der Waals surface area contributed by atoms with Crippen molar-refractivity contribution in [2.45, 2.75) is 37.8 Å². The van der Waals surface area contributed by atoms with Crippen molar-refractivity contribution in [1.82, 2.24) is 5.32 Å². The van der Waals surface area contributed by atoms with Crippen LogP contribution in [0.15, 0.2) is 30.3 Å². The average molecular weight is 262 g/mol. The predicted molar refractivity (Wildman–Crippen MR) is 74.7 cm³/mol. The molecule has 1 amide bonds. The molecule has 19 heavy (non-hydrogen) atoms. The van der Waals surface area contributed by atoms with E-state index in [0.29, 0.717) is 19.6 Å². The van der Waals surface area contributed by atoms with Crippen molar-refractivity contribution >= 4 is 5.91 Å². The maximum absolute atomic E-state index is 12.1. The molecule has 1 unspecified atom stereocenters. The van der Waals surface area contributed by atoms with Gasteiger partial charge in [0.05, 0.1) is 6.04 Å². The van der Waals surface area contributed by atoms with E-state index in [4.69, 9.17) is 10.5 Å². The highest BCUT2D eigenvalue weighted by atomic mass is 16.5. The quantitative estimate of drug-likeness (QED) is 0.858. The van der Waals surface area contributed by atoms with Crippen molar-refractivity contribution < 1.29 is 9.53 Å². The summed E-state index contributed by atoms with van der Waals surface area (Å²) in [6.07, 6.45) is 2.26. The van der Waals surface area contributed by atoms with E-state index in [1.165, 1.54) is 0 Å². The van der Waals surface area contributed by atoms with Crippen LogP contribution in [0.25, 0.3) is 0 Å². The zero-order valence-electron chi connectivity index (χ0n) is 11.4. The number of amides is 1. The third kappa shape index (κ3) is 4.04. The zero-order valence-corrected chi connectivity index (χ0v) is 11.4. The summed E-state index contributed by atoms with van der Waals surface area (Å²) in [5.41, 5.74) is 6.89. The van der Waals surface area contributed by atoms with Crippen LogP contribution in [0.5, 0.6) is 0 Å². The van der Waals surface area contributed by atoms with Gasteiger partial charge in [-0.25, -0.2) is 0 Å². The first-order chi connectivity index (χ1) is 9.09. The van der Waals surface area contributed by atoms with Crippen LogP contribution in [0.3, 0.4) is 0 Å². The Morgan fingerprint density at radius 3 is 2.63 bits per heavy atom. The van der Waals surface area contributed by atoms with Gasteiger partial charge < -0.3 is 15.8 Å². The molecule has 0 aromatic heterocycles. The SMILES string of the molecule is CC1(NC(=O)C(N)Cc2ccccc2)CCOCC1. The lowest BCUT2D eigenvalue weighted by atomic mass is 9.92. The highest BCUT2D eigenvalue weighted by Gasteiger charge is 2.30. The van der Waals surface area contributed by atoms with Crippen molar-refractivity contribution in [3.63, 3.8) is 0 Å². The minimum Gasteiger partial charge on any atom is -0.381 e. The Kier molecular flexibility index (Phi) is 4.56. The van der Waals surface area contributed by atoms with E-state index in [1.54, 1.807) is 0 Å². The van der Waals surface area contributed by atoms with Gasteiger partial charge in [0.15, 0.2) is 0 Å². The third-order valence-electron chi connectivity index (χ3n) is 3.66. The van der Waals surface area contributed by atoms with E-state index in [2.05, 4.69) is 12.2 Å². The van der Waals surface area contributed by atoms with Crippen molar-refractivity contribution in [2.75, 3.05) is 13.2 Å². The van der Waals surface area contributed by atoms with E-state index in [-0.39, 0.29) is 11.4 Å². The number of nitrogens with one attached hydrogen (secondary N) is 1. The Bertz CT molecular complexity index is 413. The smallest absolute Gasteiger partial charge is 0.237 e. The second kappa shape index (κ2) is 6.17. The molecule has 0 bridgehead atoms. The van der Waals surface area contributed by atoms with Gasteiger partial charge in [-0.15, -0.1) is 0 Å². The van der Waals surface area contributed by atoms with Gasteiger partial charge >= 0.3 is 0 Å². The van der Waals surface area contributed by atoms with Crippen LogP contribution in [0.2, 0.25) is 0 Å². The normalized spacial score (nSPS) is 19.7. The van der Waals surface area contributed by atoms with Gasteiger partial charge in [-0.05, 0) is 31.7 Å². The molecule has 1 aliphatic heterocycles. The topological polar surface area (TPSA) is 64.4 Å². The molecular weight excluding hydrogens is 240 g/mol. The first-order valence-corrected chi connectivity index (χ1v) is 6.78. The van der Waals surface area contributed by atoms with Crippen LogP contribution in [0.1, 0.15) is 25.3 Å². The number of hydrogen-bond donors (Lipinski definition) is 2. The van der Waals surface area contributed by atoms with Gasteiger partial charge in [-0.1, -0.05) is 30.3 Å². The Morgan fingerprint density at radius 2 is 2.00 bits per heavy atom. The molecule has 1 saturated heterocycles. The van der Waals surface area contributed by atoms with Gasteiger partial charge in [0, 0.05) is 18.8 Å². The number of benzene rings is 1. The van der Waals surface area contributed by atoms with Crippen molar-refractivity contribution in [2.24, 2.45) is 5.73 Å². The molecule has 1 aliphatic rings. The monoisotopic (exact) mass is 262 g/mol. The molecule has 1 heterocycles. The molecule has 4 nitrogen and oxygen atoms in total. The van der Waals surface area contributed by atoms with Gasteiger partial charge in [-0.3, -0.25) is 4.79 Å². The zero-order chi connectivity index (χ0) is 13.7. The fraction of sp³-hybridized carbons (Fsp3) is 0.533. The fourth-order valence-corrected chi connectivity index (χ4v) is 2.30. The van der Waals surface area contributed by atoms with E-state index >= 15 is 0 Å². The summed E-state index contributed by atoms with van der Waals surface area (Å²) >= 11 is 0. The number of nitrogens with two attached hydrogens (primary N) is 1. The van der Waals surface area contributed by atoms with E-state index in [9.17, 15) is 4.79 Å². The van der Waals surface area contributed by atoms with Crippen LogP contribution in [0, 0.1) is 0 Å². The van der Waals surface area contributed by atoms with Crippen molar-refractivity contribution in [1.29, 1.82) is 0 Å². The molecule has 0 saturated carbocycles. The third-order valence-corrected chi connectivity index (χ3v) is 3.66. The molecule has 4 heteroatoms. The lowest BCUT2D eigenvalue weighted by molar-refractivity contribution is -0.125. The van der Waals surface area contributed by atoms with Crippen LogP contribution < -0.4 is 11.1 Å². The number of carbonyl (C=O) groups is 1. The molecule has 104 valence electrons. The van der Waals surface area contributed by atoms with Crippen LogP contribution in [-0.4, -0.2) is 30.7 Å². The Morgan fingerprint density at radius 1 is 1.37 bits per heavy atom. The van der Waals surface area contributed by atoms with Gasteiger partial charge in [0.25, 0.3) is 0 Å². The lowest BCUT2D eigenvalue weighted by Crippen LogP contribution is -2.54. The molecule has 1 aromatic carbocycles. The van der Waals surface area contributed by atoms with Crippen molar-refractivity contribution in [3.8, 4) is 0 Å². The Hall–Kier alpha value is -1.39. The highest BCUT2D eigenvalue weighted by molar-refractivity contribution is 5.82. The van der Waals surface area contributed by atoms with Crippen LogP contribution in [0.4, 0.5) is 0 Å². The molecule has 0 radical (unpaired) electrons. The van der Waals surface area contributed by atoms with Crippen LogP contribution >= 0.6 is 0 Å². The summed E-state index contributed by atoms with van der Waals surface area (Å²) in [7, 11) is 0. The maximum Gasteiger partial charge on any atom is 0.237 e. The van der Waals surface area contributed by atoms with E-state index in [1.807, 2.05) is 30.3 Å². The first kappa shape index (κ1) is 14.0. The molecule has 2 rings (SSSR count). The maximum atomic E-state index is 12.1. The summed E-state index contributed by atoms with van der Waals surface area (Å²) in [6.45, 7) is 3.46. The standard InChI is InChI=1S/C15H22N2O2/c1-15(7-9-19-10-8-15)17-14(18)13(16)11-12-5-3-2-4-6-12/h2-6,13H,7-11,16H2,1H3,(H,17,18). The summed E-state index contributed by atoms with van der Waals surface area (Å²) in [5, 5.41) is 3.07. The number of hydrogen-bond acceptors (Lipinski definition) is 3. The first-order valence-electron chi connectivity index (χ1n) is 6.78. The molecule has 1 fully saturated rings. The lowest BCUT2D eigenvalue weighted by Gasteiger charge is -2.35. The van der Waals surface area contributed by atoms with E-state index in [0.717, 1.165) is 18.4 Å². The summed E-state index contributed by atoms with van der Waals surface area (Å²) in [5.74, 6) is -0.0757. The molecule has 1 aromatic rings. The second-order valence-corrected chi connectivity index (χ2v) is 5.46. The van der Waals surface area contributed by atoms with Crippen molar-refractivity contribution in [3.05, 3.63) is 35.9 Å². The van der Waals surface area contributed by atoms with Gasteiger partial charge in [0.2, 0.25) is 5.91 Å². The largest absolute Gasteiger partial charge is 0.381 e. The summed E-state index contributed by atoms with van der Waals surface area (Å²) < 4.78 is 5.32. The summed E-state index contributed by atoms with van der Waals surface area (Å²) in [4.78, 5) is 12.1. The molecule has 0 spiro atoms. The minimum atomic E-state index is -0.498. The highest BCUT2D eigenvalue weighted by Crippen LogP contribution is 2.19. The molecule has 0 aliphatic carbocycles. The molecule has 1 atom stereocenters.